The molecule has 0 fully saturated rings. The Balaban J connectivity index is 1.10. The summed E-state index contributed by atoms with van der Waals surface area (Å²) >= 11 is 0. The van der Waals surface area contributed by atoms with Crippen LogP contribution in [0.5, 0.6) is 0 Å². The molecule has 17 rings (SSSR count). The molecule has 15 aromatic rings. The molecule has 6 heteroatoms. The SMILES string of the molecule is [2H]c1c([2H])c([2H])c(-c2ccc3c(c2)N(c2cccc(-n4c5ccccc5c5ccccc54)c2C#N)c2cc(-n4c5ccc(C(C)(C)C)cc5c5cc(C(C)(C)C)ccc54)cc4c2B3c2ccc(-c3cc(C(C)(C)C)cc(C(C)(C)C)c3)cc2N4c2c(-c3ccccc3)cc(C(C)(C)C)cc2-c2ccccc2)c([2H])c1[2H]. The number of aromatic nitrogens is 2. The van der Waals surface area contributed by atoms with Gasteiger partial charge in [-0.3, -0.25) is 0 Å². The van der Waals surface area contributed by atoms with Gasteiger partial charge < -0.3 is 18.9 Å². The van der Waals surface area contributed by atoms with E-state index in [9.17, 15) is 8.00 Å². The fourth-order valence-electron chi connectivity index (χ4n) is 16.4. The maximum absolute atomic E-state index is 12.5. The second kappa shape index (κ2) is 24.4. The van der Waals surface area contributed by atoms with Gasteiger partial charge in [-0.15, -0.1) is 0 Å². The molecule has 0 atom stereocenters. The second-order valence-electron chi connectivity index (χ2n) is 34.2. The van der Waals surface area contributed by atoms with Crippen molar-refractivity contribution in [1.82, 2.24) is 9.13 Å². The molecule has 0 spiro atoms. The minimum Gasteiger partial charge on any atom is -0.310 e. The Kier molecular flexibility index (Phi) is 14.2. The summed E-state index contributed by atoms with van der Waals surface area (Å²) in [6.07, 6.45) is 0. The van der Waals surface area contributed by atoms with Crippen LogP contribution in [0, 0.1) is 11.3 Å². The number of benzene rings is 13. The Morgan fingerprint density at radius 3 is 1.25 bits per heavy atom. The number of rotatable bonds is 8. The Hall–Kier alpha value is -11.4. The first-order chi connectivity index (χ1) is 52.3. The normalized spacial score (nSPS) is 13.9. The third kappa shape index (κ3) is 11.2. The average molecular weight is 1370 g/mol. The van der Waals surface area contributed by atoms with Crippen molar-refractivity contribution in [2.45, 2.75) is 131 Å². The summed E-state index contributed by atoms with van der Waals surface area (Å²) in [4.78, 5) is 4.87. The van der Waals surface area contributed by atoms with Crippen molar-refractivity contribution < 1.29 is 6.85 Å². The third-order valence-corrected chi connectivity index (χ3v) is 22.2. The van der Waals surface area contributed by atoms with Gasteiger partial charge in [0.1, 0.15) is 11.6 Å². The topological polar surface area (TPSA) is 40.1 Å². The van der Waals surface area contributed by atoms with Gasteiger partial charge in [0.2, 0.25) is 0 Å². The Bertz CT molecular complexity index is 6150. The summed E-state index contributed by atoms with van der Waals surface area (Å²) in [7, 11) is 0. The lowest BCUT2D eigenvalue weighted by Gasteiger charge is -2.45. The summed E-state index contributed by atoms with van der Waals surface area (Å²) in [5.41, 5.74) is 25.9. The number of fused-ring (bicyclic) bond motifs is 10. The molecule has 0 radical (unpaired) electrons. The first-order valence-electron chi connectivity index (χ1n) is 39.5. The Labute approximate surface area is 627 Å². The van der Waals surface area contributed by atoms with Gasteiger partial charge in [-0.2, -0.15) is 5.26 Å². The van der Waals surface area contributed by atoms with Crippen LogP contribution in [0.2, 0.25) is 0 Å². The molecule has 514 valence electrons. The monoisotopic (exact) mass is 1360 g/mol. The first-order valence-corrected chi connectivity index (χ1v) is 37.0. The minimum atomic E-state index is -0.511. The van der Waals surface area contributed by atoms with Gasteiger partial charge in [-0.25, -0.2) is 0 Å². The van der Waals surface area contributed by atoms with E-state index in [1.165, 1.54) is 27.8 Å². The van der Waals surface area contributed by atoms with Gasteiger partial charge in [-0.1, -0.05) is 292 Å². The Morgan fingerprint density at radius 2 is 0.752 bits per heavy atom. The highest BCUT2D eigenvalue weighted by molar-refractivity contribution is 7.00. The highest BCUT2D eigenvalue weighted by Gasteiger charge is 2.46. The van der Waals surface area contributed by atoms with Gasteiger partial charge >= 0.3 is 0 Å². The standard InChI is InChI=1S/C99H90BN5/c1-95(2,3)68-44-48-87-78(55-68)79-56-69(96(4,5)6)45-49-88(79)102(87)73-59-91-93-92(60-73)105(94-76(63-32-21-17-22-33-63)57-72(99(13,14)15)58-77(94)64-34-23-18-24-35-64)90-53-66(67-50-70(97(7,8)9)54-71(51-67)98(10,11)12)43-47-82(90)100(93)81-46-42-65(62-30-19-16-20-31-62)52-89(81)104(91)86-41-29-40-85(80(86)61-101)103-83-38-27-25-36-74(83)75-37-26-28-39-84(75)103/h16-60H,1-15H3/i16D,19D,20D,30D,31D. The van der Waals surface area contributed by atoms with E-state index in [4.69, 9.17) is 4.11 Å². The van der Waals surface area contributed by atoms with Crippen molar-refractivity contribution in [1.29, 1.82) is 5.26 Å². The molecule has 5 nitrogen and oxygen atoms in total. The molecule has 0 saturated carbocycles. The average Bonchev–Trinajstić information content (AvgIpc) is 0.698. The molecule has 0 amide bonds. The molecule has 2 aliphatic heterocycles. The first kappa shape index (κ1) is 61.1. The summed E-state index contributed by atoms with van der Waals surface area (Å²) in [6.45, 7) is 33.9. The molecule has 0 saturated heterocycles. The summed E-state index contributed by atoms with van der Waals surface area (Å²) in [5.74, 6) is 0. The zero-order valence-corrected chi connectivity index (χ0v) is 62.9. The lowest BCUT2D eigenvalue weighted by molar-refractivity contribution is 0.569. The van der Waals surface area contributed by atoms with Crippen molar-refractivity contribution in [2.75, 3.05) is 9.80 Å². The van der Waals surface area contributed by atoms with Gasteiger partial charge in [-0.05, 0) is 190 Å². The van der Waals surface area contributed by atoms with Crippen LogP contribution in [0.3, 0.4) is 0 Å². The van der Waals surface area contributed by atoms with Crippen LogP contribution in [0.25, 0.3) is 99.5 Å². The van der Waals surface area contributed by atoms with Gasteiger partial charge in [0.05, 0.1) is 51.7 Å². The van der Waals surface area contributed by atoms with E-state index in [1.54, 1.807) is 0 Å². The zero-order chi connectivity index (χ0) is 77.3. The maximum atomic E-state index is 12.5. The molecular formula is C99H90BN5. The minimum absolute atomic E-state index is 0.0839. The number of anilines is 6. The van der Waals surface area contributed by atoms with Crippen molar-refractivity contribution >= 4 is 101 Å². The van der Waals surface area contributed by atoms with Crippen molar-refractivity contribution in [3.63, 3.8) is 0 Å². The molecule has 0 unspecified atom stereocenters. The van der Waals surface area contributed by atoms with Gasteiger partial charge in [0.25, 0.3) is 6.71 Å². The van der Waals surface area contributed by atoms with Crippen molar-refractivity contribution in [3.05, 3.63) is 306 Å². The summed E-state index contributed by atoms with van der Waals surface area (Å²) in [6, 6.07) is 89.7. The maximum Gasteiger partial charge on any atom is 0.252 e. The smallest absolute Gasteiger partial charge is 0.252 e. The fraction of sp³-hybridized carbons (Fsp3) is 0.202. The van der Waals surface area contributed by atoms with E-state index in [1.807, 2.05) is 18.2 Å². The molecule has 0 aliphatic carbocycles. The highest BCUT2D eigenvalue weighted by atomic mass is 15.2. The number of para-hydroxylation sites is 2. The number of hydrogen-bond acceptors (Lipinski definition) is 3. The van der Waals surface area contributed by atoms with Crippen LogP contribution in [-0.4, -0.2) is 15.8 Å². The third-order valence-electron chi connectivity index (χ3n) is 22.2. The van der Waals surface area contributed by atoms with Gasteiger partial charge in [0.15, 0.2) is 0 Å². The predicted octanol–water partition coefficient (Wildman–Crippen LogP) is 25.0. The lowest BCUT2D eigenvalue weighted by atomic mass is 9.33. The van der Waals surface area contributed by atoms with E-state index in [0.29, 0.717) is 28.2 Å². The van der Waals surface area contributed by atoms with E-state index in [2.05, 4.69) is 353 Å². The molecule has 2 aliphatic rings. The molecule has 4 heterocycles. The van der Waals surface area contributed by atoms with Crippen molar-refractivity contribution in [2.24, 2.45) is 0 Å². The molecule has 13 aromatic carbocycles. The Morgan fingerprint density at radius 1 is 0.314 bits per heavy atom. The summed E-state index contributed by atoms with van der Waals surface area (Å²) < 4.78 is 51.1. The number of nitriles is 1. The van der Waals surface area contributed by atoms with E-state index >= 15 is 0 Å². The fourth-order valence-corrected chi connectivity index (χ4v) is 16.4. The zero-order valence-electron chi connectivity index (χ0n) is 67.9. The molecule has 0 N–H and O–H groups in total. The second-order valence-corrected chi connectivity index (χ2v) is 34.2. The van der Waals surface area contributed by atoms with Crippen molar-refractivity contribution in [3.8, 4) is 62.0 Å². The molecule has 0 bridgehead atoms. The van der Waals surface area contributed by atoms with Crippen LogP contribution in [0.4, 0.5) is 34.1 Å². The van der Waals surface area contributed by atoms with E-state index in [0.717, 1.165) is 122 Å². The van der Waals surface area contributed by atoms with Crippen LogP contribution in [0.1, 0.15) is 144 Å². The highest BCUT2D eigenvalue weighted by Crippen LogP contribution is 2.54. The molecule has 105 heavy (non-hydrogen) atoms. The molecule has 2 aromatic heterocycles. The number of hydrogen-bond donors (Lipinski definition) is 0. The summed E-state index contributed by atoms with van der Waals surface area (Å²) in [5, 5.41) is 16.9. The van der Waals surface area contributed by atoms with E-state index < -0.39 is 24.8 Å². The molecular weight excluding hydrogens is 1270 g/mol. The van der Waals surface area contributed by atoms with E-state index in [-0.39, 0.29) is 44.7 Å². The number of nitrogens with zero attached hydrogens (tertiary/aromatic N) is 5. The van der Waals surface area contributed by atoms with Crippen LogP contribution in [0.15, 0.2) is 273 Å². The lowest BCUT2D eigenvalue weighted by Crippen LogP contribution is -2.61. The van der Waals surface area contributed by atoms with Crippen LogP contribution < -0.4 is 26.2 Å². The van der Waals surface area contributed by atoms with Crippen LogP contribution >= 0.6 is 0 Å². The predicted molar refractivity (Wildman–Crippen MR) is 449 cm³/mol. The van der Waals surface area contributed by atoms with Crippen LogP contribution in [-0.2, 0) is 27.1 Å². The van der Waals surface area contributed by atoms with Gasteiger partial charge in [0, 0.05) is 55.4 Å². The largest absolute Gasteiger partial charge is 0.310 e. The quantitative estimate of drug-likeness (QED) is 0.142.